The molecule has 0 radical (unpaired) electrons. The van der Waals surface area contributed by atoms with E-state index in [9.17, 15) is 4.79 Å². The number of nitrogens with zero attached hydrogens (tertiary/aromatic N) is 1. The van der Waals surface area contributed by atoms with Gasteiger partial charge in [0.15, 0.2) is 0 Å². The summed E-state index contributed by atoms with van der Waals surface area (Å²) in [5, 5.41) is 2.84. The summed E-state index contributed by atoms with van der Waals surface area (Å²) in [5.41, 5.74) is 7.02. The van der Waals surface area contributed by atoms with Gasteiger partial charge < -0.3 is 20.5 Å². The van der Waals surface area contributed by atoms with Gasteiger partial charge in [-0.25, -0.2) is 0 Å². The Kier molecular flexibility index (Phi) is 5.83. The van der Waals surface area contributed by atoms with Gasteiger partial charge >= 0.3 is 0 Å². The number of morpholine rings is 1. The number of hydrogen-bond acceptors (Lipinski definition) is 5. The van der Waals surface area contributed by atoms with Gasteiger partial charge in [0, 0.05) is 25.6 Å². The standard InChI is InChI=1S/C15H23N3O3/c1-20-12-4-5-14(13(16)11-12)17-15(19)3-2-6-18-7-9-21-10-8-18/h4-5,11H,2-3,6-10,16H2,1H3,(H,17,19). The number of hydrogen-bond donors (Lipinski definition) is 2. The summed E-state index contributed by atoms with van der Waals surface area (Å²) in [7, 11) is 1.58. The lowest BCUT2D eigenvalue weighted by Gasteiger charge is -2.26. The summed E-state index contributed by atoms with van der Waals surface area (Å²) in [6.07, 6.45) is 1.32. The van der Waals surface area contributed by atoms with Crippen LogP contribution in [0.25, 0.3) is 0 Å². The molecule has 0 spiro atoms. The van der Waals surface area contributed by atoms with E-state index in [4.69, 9.17) is 15.2 Å². The van der Waals surface area contributed by atoms with Crippen LogP contribution >= 0.6 is 0 Å². The van der Waals surface area contributed by atoms with Crippen LogP contribution in [-0.4, -0.2) is 50.8 Å². The first-order valence-corrected chi connectivity index (χ1v) is 7.22. The molecule has 2 rings (SSSR count). The lowest BCUT2D eigenvalue weighted by molar-refractivity contribution is -0.116. The minimum Gasteiger partial charge on any atom is -0.497 e. The van der Waals surface area contributed by atoms with Crippen LogP contribution in [0.1, 0.15) is 12.8 Å². The Morgan fingerprint density at radius 1 is 1.43 bits per heavy atom. The Hall–Kier alpha value is -1.79. The Labute approximate surface area is 125 Å². The lowest BCUT2D eigenvalue weighted by atomic mass is 10.2. The maximum atomic E-state index is 11.9. The molecule has 1 saturated heterocycles. The van der Waals surface area contributed by atoms with E-state index >= 15 is 0 Å². The molecule has 1 amide bonds. The Balaban J connectivity index is 1.73. The van der Waals surface area contributed by atoms with Crippen molar-refractivity contribution in [2.24, 2.45) is 0 Å². The van der Waals surface area contributed by atoms with E-state index in [2.05, 4.69) is 10.2 Å². The highest BCUT2D eigenvalue weighted by molar-refractivity contribution is 5.93. The molecule has 116 valence electrons. The molecule has 0 atom stereocenters. The predicted molar refractivity (Wildman–Crippen MR) is 82.5 cm³/mol. The van der Waals surface area contributed by atoms with Gasteiger partial charge in [-0.1, -0.05) is 0 Å². The minimum absolute atomic E-state index is 0.0138. The van der Waals surface area contributed by atoms with Gasteiger partial charge in [-0.15, -0.1) is 0 Å². The van der Waals surface area contributed by atoms with Crippen LogP contribution in [0.5, 0.6) is 5.75 Å². The third-order valence-corrected chi connectivity index (χ3v) is 3.51. The van der Waals surface area contributed by atoms with Crippen molar-refractivity contribution in [3.8, 4) is 5.75 Å². The van der Waals surface area contributed by atoms with Crippen molar-refractivity contribution < 1.29 is 14.3 Å². The monoisotopic (exact) mass is 293 g/mol. The number of anilines is 2. The molecule has 6 nitrogen and oxygen atoms in total. The van der Waals surface area contributed by atoms with Crippen LogP contribution in [0.2, 0.25) is 0 Å². The first-order chi connectivity index (χ1) is 10.2. The van der Waals surface area contributed by atoms with Crippen LogP contribution in [0.15, 0.2) is 18.2 Å². The molecule has 0 aromatic heterocycles. The fraction of sp³-hybridized carbons (Fsp3) is 0.533. The number of nitrogen functional groups attached to an aromatic ring is 1. The zero-order valence-corrected chi connectivity index (χ0v) is 12.4. The van der Waals surface area contributed by atoms with Crippen molar-refractivity contribution in [1.82, 2.24) is 4.90 Å². The molecular formula is C15H23N3O3. The number of benzene rings is 1. The molecule has 1 heterocycles. The molecule has 0 aliphatic carbocycles. The second kappa shape index (κ2) is 7.85. The fourth-order valence-corrected chi connectivity index (χ4v) is 2.28. The summed E-state index contributed by atoms with van der Waals surface area (Å²) >= 11 is 0. The van der Waals surface area contributed by atoms with Crippen LogP contribution in [0.3, 0.4) is 0 Å². The van der Waals surface area contributed by atoms with Crippen molar-refractivity contribution in [2.45, 2.75) is 12.8 Å². The topological polar surface area (TPSA) is 76.8 Å². The summed E-state index contributed by atoms with van der Waals surface area (Å²) in [4.78, 5) is 14.2. The average Bonchev–Trinajstić information content (AvgIpc) is 2.50. The third kappa shape index (κ3) is 4.91. The van der Waals surface area contributed by atoms with Crippen LogP contribution in [0, 0.1) is 0 Å². The Bertz CT molecular complexity index is 473. The van der Waals surface area contributed by atoms with E-state index in [1.807, 2.05) is 0 Å². The second-order valence-electron chi connectivity index (χ2n) is 5.06. The number of nitrogens with two attached hydrogens (primary N) is 1. The SMILES string of the molecule is COc1ccc(NC(=O)CCCN2CCOCC2)c(N)c1. The van der Waals surface area contributed by atoms with E-state index in [1.54, 1.807) is 25.3 Å². The van der Waals surface area contributed by atoms with Gasteiger partial charge in [0.25, 0.3) is 0 Å². The van der Waals surface area contributed by atoms with Crippen molar-refractivity contribution in [3.05, 3.63) is 18.2 Å². The van der Waals surface area contributed by atoms with Crippen LogP contribution in [0.4, 0.5) is 11.4 Å². The summed E-state index contributed by atoms with van der Waals surface area (Å²) < 4.78 is 10.4. The van der Waals surface area contributed by atoms with E-state index in [1.165, 1.54) is 0 Å². The van der Waals surface area contributed by atoms with Crippen molar-refractivity contribution in [2.75, 3.05) is 51.0 Å². The maximum Gasteiger partial charge on any atom is 0.224 e. The van der Waals surface area contributed by atoms with Crippen molar-refractivity contribution in [1.29, 1.82) is 0 Å². The fourth-order valence-electron chi connectivity index (χ4n) is 2.28. The van der Waals surface area contributed by atoms with Gasteiger partial charge in [-0.2, -0.15) is 0 Å². The normalized spacial score (nSPS) is 15.7. The molecule has 1 aromatic carbocycles. The lowest BCUT2D eigenvalue weighted by Crippen LogP contribution is -2.37. The second-order valence-corrected chi connectivity index (χ2v) is 5.06. The van der Waals surface area contributed by atoms with Gasteiger partial charge in [0.1, 0.15) is 5.75 Å². The summed E-state index contributed by atoms with van der Waals surface area (Å²) in [5.74, 6) is 0.665. The first-order valence-electron chi connectivity index (χ1n) is 7.22. The summed E-state index contributed by atoms with van der Waals surface area (Å²) in [6, 6.07) is 5.23. The van der Waals surface area contributed by atoms with Gasteiger partial charge in [-0.05, 0) is 25.1 Å². The zero-order chi connectivity index (χ0) is 15.1. The summed E-state index contributed by atoms with van der Waals surface area (Å²) in [6.45, 7) is 4.40. The largest absolute Gasteiger partial charge is 0.497 e. The number of rotatable bonds is 6. The van der Waals surface area contributed by atoms with Crippen molar-refractivity contribution in [3.63, 3.8) is 0 Å². The molecule has 6 heteroatoms. The molecule has 3 N–H and O–H groups in total. The molecule has 0 saturated carbocycles. The van der Waals surface area contributed by atoms with Gasteiger partial charge in [0.05, 0.1) is 31.7 Å². The highest BCUT2D eigenvalue weighted by atomic mass is 16.5. The third-order valence-electron chi connectivity index (χ3n) is 3.51. The molecule has 1 aliphatic rings. The molecular weight excluding hydrogens is 270 g/mol. The molecule has 0 bridgehead atoms. The smallest absolute Gasteiger partial charge is 0.224 e. The van der Waals surface area contributed by atoms with E-state index in [0.717, 1.165) is 39.3 Å². The molecule has 1 aliphatic heterocycles. The Morgan fingerprint density at radius 3 is 2.86 bits per heavy atom. The van der Waals surface area contributed by atoms with E-state index in [-0.39, 0.29) is 5.91 Å². The molecule has 21 heavy (non-hydrogen) atoms. The number of carbonyl (C=O) groups excluding carboxylic acids is 1. The molecule has 0 unspecified atom stereocenters. The number of amides is 1. The number of methoxy groups -OCH3 is 1. The maximum absolute atomic E-state index is 11.9. The highest BCUT2D eigenvalue weighted by Gasteiger charge is 2.11. The van der Waals surface area contributed by atoms with E-state index < -0.39 is 0 Å². The number of nitrogens with one attached hydrogen (secondary N) is 1. The molecule has 1 aromatic rings. The Morgan fingerprint density at radius 2 is 2.19 bits per heavy atom. The number of carbonyl (C=O) groups is 1. The number of ether oxygens (including phenoxy) is 2. The first kappa shape index (κ1) is 15.6. The minimum atomic E-state index is -0.0138. The van der Waals surface area contributed by atoms with Gasteiger partial charge in [-0.3, -0.25) is 9.69 Å². The zero-order valence-electron chi connectivity index (χ0n) is 12.4. The van der Waals surface area contributed by atoms with Crippen LogP contribution in [-0.2, 0) is 9.53 Å². The quantitative estimate of drug-likeness (QED) is 0.774. The van der Waals surface area contributed by atoms with Crippen LogP contribution < -0.4 is 15.8 Å². The average molecular weight is 293 g/mol. The predicted octanol–water partition coefficient (Wildman–Crippen LogP) is 1.33. The van der Waals surface area contributed by atoms with Gasteiger partial charge in [0.2, 0.25) is 5.91 Å². The van der Waals surface area contributed by atoms with Crippen molar-refractivity contribution >= 4 is 17.3 Å². The molecule has 1 fully saturated rings. The highest BCUT2D eigenvalue weighted by Crippen LogP contribution is 2.24. The van der Waals surface area contributed by atoms with E-state index in [0.29, 0.717) is 23.5 Å².